The van der Waals surface area contributed by atoms with Crippen molar-refractivity contribution in [2.75, 3.05) is 20.1 Å². The van der Waals surface area contributed by atoms with Crippen LogP contribution in [0.5, 0.6) is 0 Å². The van der Waals surface area contributed by atoms with Crippen molar-refractivity contribution >= 4 is 5.96 Å². The number of aliphatic imine (C=N–C) groups is 1. The Morgan fingerprint density at radius 3 is 2.64 bits per heavy atom. The lowest BCUT2D eigenvalue weighted by atomic mass is 9.91. The standard InChI is InChI=1S/C10H20N4/c1-14(10-12-6-7-13-10)9-4-2-8(11)3-5-9/h8-9H,2-7,11H2,1H3,(H,12,13). The van der Waals surface area contributed by atoms with E-state index < -0.39 is 0 Å². The molecule has 1 aliphatic heterocycles. The van der Waals surface area contributed by atoms with Crippen LogP contribution in [0, 0.1) is 0 Å². The van der Waals surface area contributed by atoms with E-state index in [1.807, 2.05) is 0 Å². The SMILES string of the molecule is CN(C1=NCCN1)C1CCC(N)CC1. The molecule has 0 aromatic carbocycles. The molecule has 2 aliphatic rings. The van der Waals surface area contributed by atoms with Crippen LogP contribution in [0.3, 0.4) is 0 Å². The van der Waals surface area contributed by atoms with E-state index in [4.69, 9.17) is 5.73 Å². The van der Waals surface area contributed by atoms with Crippen molar-refractivity contribution in [1.29, 1.82) is 0 Å². The number of nitrogens with one attached hydrogen (secondary N) is 1. The van der Waals surface area contributed by atoms with E-state index in [0.29, 0.717) is 12.1 Å². The molecule has 80 valence electrons. The van der Waals surface area contributed by atoms with Gasteiger partial charge in [0.1, 0.15) is 0 Å². The maximum absolute atomic E-state index is 5.89. The Bertz CT molecular complexity index is 218. The van der Waals surface area contributed by atoms with E-state index in [0.717, 1.165) is 31.9 Å². The lowest BCUT2D eigenvalue weighted by Crippen LogP contribution is -2.45. The van der Waals surface area contributed by atoms with Crippen LogP contribution in [0.25, 0.3) is 0 Å². The van der Waals surface area contributed by atoms with Crippen LogP contribution in [0.2, 0.25) is 0 Å². The molecule has 0 saturated heterocycles. The first-order valence-electron chi connectivity index (χ1n) is 5.54. The van der Waals surface area contributed by atoms with Gasteiger partial charge in [-0.25, -0.2) is 0 Å². The Morgan fingerprint density at radius 2 is 2.07 bits per heavy atom. The smallest absolute Gasteiger partial charge is 0.194 e. The highest BCUT2D eigenvalue weighted by atomic mass is 15.3. The second kappa shape index (κ2) is 4.17. The Morgan fingerprint density at radius 1 is 1.36 bits per heavy atom. The molecule has 0 radical (unpaired) electrons. The van der Waals surface area contributed by atoms with Crippen molar-refractivity contribution in [2.24, 2.45) is 10.7 Å². The first-order valence-corrected chi connectivity index (χ1v) is 5.54. The van der Waals surface area contributed by atoms with E-state index in [9.17, 15) is 0 Å². The largest absolute Gasteiger partial charge is 0.354 e. The number of nitrogens with zero attached hydrogens (tertiary/aromatic N) is 2. The summed E-state index contributed by atoms with van der Waals surface area (Å²) in [5.74, 6) is 1.07. The molecule has 2 rings (SSSR count). The van der Waals surface area contributed by atoms with Crippen LogP contribution in [0.1, 0.15) is 25.7 Å². The second-order valence-electron chi connectivity index (χ2n) is 4.31. The van der Waals surface area contributed by atoms with E-state index in [-0.39, 0.29) is 0 Å². The van der Waals surface area contributed by atoms with Gasteiger partial charge in [0.05, 0.1) is 6.54 Å². The third kappa shape index (κ3) is 2.00. The fourth-order valence-corrected chi connectivity index (χ4v) is 2.28. The third-order valence-electron chi connectivity index (χ3n) is 3.28. The van der Waals surface area contributed by atoms with Crippen molar-refractivity contribution in [2.45, 2.75) is 37.8 Å². The fourth-order valence-electron chi connectivity index (χ4n) is 2.28. The van der Waals surface area contributed by atoms with Crippen LogP contribution in [-0.2, 0) is 0 Å². The van der Waals surface area contributed by atoms with Crippen LogP contribution < -0.4 is 11.1 Å². The molecular formula is C10H20N4. The molecule has 0 unspecified atom stereocenters. The maximum Gasteiger partial charge on any atom is 0.194 e. The van der Waals surface area contributed by atoms with Crippen molar-refractivity contribution < 1.29 is 0 Å². The average molecular weight is 196 g/mol. The van der Waals surface area contributed by atoms with E-state index >= 15 is 0 Å². The monoisotopic (exact) mass is 196 g/mol. The highest BCUT2D eigenvalue weighted by Crippen LogP contribution is 2.21. The van der Waals surface area contributed by atoms with Gasteiger partial charge in [0.25, 0.3) is 0 Å². The molecule has 0 aromatic rings. The summed E-state index contributed by atoms with van der Waals surface area (Å²) in [4.78, 5) is 6.72. The molecule has 4 nitrogen and oxygen atoms in total. The first-order chi connectivity index (χ1) is 6.77. The molecule has 1 fully saturated rings. The molecule has 1 heterocycles. The molecular weight excluding hydrogens is 176 g/mol. The van der Waals surface area contributed by atoms with Crippen LogP contribution in [0.4, 0.5) is 0 Å². The summed E-state index contributed by atoms with van der Waals surface area (Å²) in [7, 11) is 2.14. The Kier molecular flexibility index (Phi) is 2.91. The number of guanidine groups is 1. The molecule has 4 heteroatoms. The summed E-state index contributed by atoms with van der Waals surface area (Å²) < 4.78 is 0. The lowest BCUT2D eigenvalue weighted by Gasteiger charge is -2.34. The Hall–Kier alpha value is -0.770. The number of rotatable bonds is 1. The molecule has 1 saturated carbocycles. The van der Waals surface area contributed by atoms with Gasteiger partial charge in [-0.15, -0.1) is 0 Å². The van der Waals surface area contributed by atoms with Gasteiger partial charge in [0.15, 0.2) is 5.96 Å². The second-order valence-corrected chi connectivity index (χ2v) is 4.31. The van der Waals surface area contributed by atoms with Crippen LogP contribution in [-0.4, -0.2) is 43.1 Å². The number of hydrogen-bond acceptors (Lipinski definition) is 4. The Balaban J connectivity index is 1.88. The van der Waals surface area contributed by atoms with Gasteiger partial charge < -0.3 is 16.0 Å². The predicted molar refractivity (Wildman–Crippen MR) is 58.3 cm³/mol. The minimum atomic E-state index is 0.429. The van der Waals surface area contributed by atoms with Gasteiger partial charge >= 0.3 is 0 Å². The van der Waals surface area contributed by atoms with E-state index in [1.54, 1.807) is 0 Å². The van der Waals surface area contributed by atoms with Gasteiger partial charge in [-0.05, 0) is 25.7 Å². The van der Waals surface area contributed by atoms with Crippen LogP contribution >= 0.6 is 0 Å². The van der Waals surface area contributed by atoms with E-state index in [2.05, 4.69) is 22.3 Å². The summed E-state index contributed by atoms with van der Waals surface area (Å²) in [6.45, 7) is 1.91. The van der Waals surface area contributed by atoms with Gasteiger partial charge in [0.2, 0.25) is 0 Å². The fraction of sp³-hybridized carbons (Fsp3) is 0.900. The average Bonchev–Trinajstić information content (AvgIpc) is 2.71. The zero-order valence-electron chi connectivity index (χ0n) is 8.87. The predicted octanol–water partition coefficient (Wildman–Crippen LogP) is 0.147. The summed E-state index contributed by atoms with van der Waals surface area (Å²) in [5.41, 5.74) is 5.89. The van der Waals surface area contributed by atoms with Crippen LogP contribution in [0.15, 0.2) is 4.99 Å². The topological polar surface area (TPSA) is 53.6 Å². The summed E-state index contributed by atoms with van der Waals surface area (Å²) in [6, 6.07) is 1.07. The molecule has 0 aromatic heterocycles. The lowest BCUT2D eigenvalue weighted by molar-refractivity contribution is 0.257. The molecule has 1 aliphatic carbocycles. The zero-order valence-corrected chi connectivity index (χ0v) is 8.87. The highest BCUT2D eigenvalue weighted by Gasteiger charge is 2.24. The molecule has 3 N–H and O–H groups in total. The molecule has 14 heavy (non-hydrogen) atoms. The molecule has 0 spiro atoms. The number of nitrogens with two attached hydrogens (primary N) is 1. The van der Waals surface area contributed by atoms with Gasteiger partial charge in [-0.1, -0.05) is 0 Å². The van der Waals surface area contributed by atoms with Crippen molar-refractivity contribution in [3.63, 3.8) is 0 Å². The molecule has 0 amide bonds. The molecule has 0 bridgehead atoms. The quantitative estimate of drug-likeness (QED) is 0.627. The van der Waals surface area contributed by atoms with Gasteiger partial charge in [-0.3, -0.25) is 4.99 Å². The first kappa shape index (κ1) is 9.77. The molecule has 0 atom stereocenters. The summed E-state index contributed by atoms with van der Waals surface area (Å²) in [6.07, 6.45) is 4.72. The summed E-state index contributed by atoms with van der Waals surface area (Å²) >= 11 is 0. The van der Waals surface area contributed by atoms with Crippen molar-refractivity contribution in [3.05, 3.63) is 0 Å². The normalized spacial score (nSPS) is 32.3. The Labute approximate surface area is 85.6 Å². The van der Waals surface area contributed by atoms with Crippen molar-refractivity contribution in [3.8, 4) is 0 Å². The summed E-state index contributed by atoms with van der Waals surface area (Å²) in [5, 5.41) is 3.31. The van der Waals surface area contributed by atoms with Crippen molar-refractivity contribution in [1.82, 2.24) is 10.2 Å². The minimum Gasteiger partial charge on any atom is -0.354 e. The van der Waals surface area contributed by atoms with E-state index in [1.165, 1.54) is 12.8 Å². The minimum absolute atomic E-state index is 0.429. The number of hydrogen-bond donors (Lipinski definition) is 2. The van der Waals surface area contributed by atoms with Gasteiger partial charge in [0, 0.05) is 25.7 Å². The van der Waals surface area contributed by atoms with Gasteiger partial charge in [-0.2, -0.15) is 0 Å². The zero-order chi connectivity index (χ0) is 9.97. The maximum atomic E-state index is 5.89. The third-order valence-corrected chi connectivity index (χ3v) is 3.28. The highest BCUT2D eigenvalue weighted by molar-refractivity contribution is 5.81.